The van der Waals surface area contributed by atoms with Crippen LogP contribution in [0.25, 0.3) is 10.6 Å². The van der Waals surface area contributed by atoms with Crippen LogP contribution in [0, 0.1) is 0 Å². The Morgan fingerprint density at radius 1 is 1.27 bits per heavy atom. The number of nitrogens with zero attached hydrogens (tertiary/aromatic N) is 2. The molecule has 0 saturated carbocycles. The zero-order valence-electron chi connectivity index (χ0n) is 14.5. The molecule has 1 saturated heterocycles. The van der Waals surface area contributed by atoms with E-state index in [4.69, 9.17) is 5.10 Å². The lowest BCUT2D eigenvalue weighted by Crippen LogP contribution is -2.45. The van der Waals surface area contributed by atoms with Crippen LogP contribution in [0.1, 0.15) is 28.8 Å². The Hall–Kier alpha value is -2.44. The van der Waals surface area contributed by atoms with Gasteiger partial charge >= 0.3 is 0 Å². The molecular formula is C20H22N4OS. The molecule has 1 fully saturated rings. The third kappa shape index (κ3) is 3.86. The van der Waals surface area contributed by atoms with Crippen LogP contribution in [0.4, 0.5) is 0 Å². The number of nitrogens with one attached hydrogen (secondary N) is 2. The molecule has 5 nitrogen and oxygen atoms in total. The van der Waals surface area contributed by atoms with Crippen LogP contribution in [-0.2, 0) is 6.54 Å². The van der Waals surface area contributed by atoms with Crippen LogP contribution in [-0.4, -0.2) is 34.8 Å². The van der Waals surface area contributed by atoms with Crippen molar-refractivity contribution in [1.29, 1.82) is 0 Å². The standard InChI is InChI=1S/C20H22N4OS/c25-20(22-16-8-4-10-21-12-16)17-14-24(13-15-6-2-1-3-7-15)23-19(17)18-9-5-11-26-18/h1-3,5-7,9,11,14,16,21H,4,8,10,12-13H2,(H,22,25)/t16-/m0/s1. The summed E-state index contributed by atoms with van der Waals surface area (Å²) in [6, 6.07) is 14.4. The second-order valence-electron chi connectivity index (χ2n) is 6.57. The summed E-state index contributed by atoms with van der Waals surface area (Å²) < 4.78 is 1.86. The number of benzene rings is 1. The molecule has 0 spiro atoms. The van der Waals surface area contributed by atoms with Gasteiger partial charge in [0, 0.05) is 18.8 Å². The first-order valence-corrected chi connectivity index (χ1v) is 9.84. The molecule has 4 rings (SSSR count). The van der Waals surface area contributed by atoms with E-state index >= 15 is 0 Å². The number of thiophene rings is 1. The molecule has 1 atom stereocenters. The van der Waals surface area contributed by atoms with Gasteiger partial charge in [-0.2, -0.15) is 5.10 Å². The highest BCUT2D eigenvalue weighted by Crippen LogP contribution is 2.27. The van der Waals surface area contributed by atoms with Gasteiger partial charge in [0.05, 0.1) is 17.0 Å². The lowest BCUT2D eigenvalue weighted by atomic mass is 10.1. The fourth-order valence-corrected chi connectivity index (χ4v) is 4.00. The fourth-order valence-electron chi connectivity index (χ4n) is 3.27. The van der Waals surface area contributed by atoms with Crippen molar-refractivity contribution < 1.29 is 4.79 Å². The van der Waals surface area contributed by atoms with Crippen molar-refractivity contribution in [3.05, 3.63) is 65.2 Å². The van der Waals surface area contributed by atoms with Crippen molar-refractivity contribution >= 4 is 17.2 Å². The molecule has 0 radical (unpaired) electrons. The lowest BCUT2D eigenvalue weighted by Gasteiger charge is -2.23. The van der Waals surface area contributed by atoms with Crippen molar-refractivity contribution in [2.75, 3.05) is 13.1 Å². The van der Waals surface area contributed by atoms with Gasteiger partial charge in [-0.05, 0) is 36.4 Å². The molecule has 0 aliphatic carbocycles. The van der Waals surface area contributed by atoms with Crippen molar-refractivity contribution in [1.82, 2.24) is 20.4 Å². The Bertz CT molecular complexity index is 851. The van der Waals surface area contributed by atoms with Gasteiger partial charge in [0.25, 0.3) is 5.91 Å². The highest BCUT2D eigenvalue weighted by atomic mass is 32.1. The van der Waals surface area contributed by atoms with Crippen molar-refractivity contribution in [3.63, 3.8) is 0 Å². The minimum Gasteiger partial charge on any atom is -0.348 e. The van der Waals surface area contributed by atoms with E-state index in [-0.39, 0.29) is 11.9 Å². The number of carbonyl (C=O) groups is 1. The maximum absolute atomic E-state index is 12.9. The largest absolute Gasteiger partial charge is 0.348 e. The number of hydrogen-bond donors (Lipinski definition) is 2. The van der Waals surface area contributed by atoms with E-state index in [1.807, 2.05) is 46.6 Å². The second-order valence-corrected chi connectivity index (χ2v) is 7.52. The van der Waals surface area contributed by atoms with Gasteiger partial charge in [0.1, 0.15) is 5.69 Å². The highest BCUT2D eigenvalue weighted by molar-refractivity contribution is 7.13. The molecule has 134 valence electrons. The van der Waals surface area contributed by atoms with Crippen molar-refractivity contribution in [2.24, 2.45) is 0 Å². The van der Waals surface area contributed by atoms with E-state index in [0.717, 1.165) is 42.1 Å². The first kappa shape index (κ1) is 17.0. The molecule has 0 unspecified atom stereocenters. The van der Waals surface area contributed by atoms with Gasteiger partial charge < -0.3 is 10.6 Å². The smallest absolute Gasteiger partial charge is 0.255 e. The molecular weight excluding hydrogens is 344 g/mol. The Balaban J connectivity index is 1.60. The van der Waals surface area contributed by atoms with Gasteiger partial charge in [0.2, 0.25) is 0 Å². The molecule has 1 aliphatic rings. The predicted octanol–water partition coefficient (Wildman–Crippen LogP) is 3.14. The molecule has 0 bridgehead atoms. The van der Waals surface area contributed by atoms with E-state index in [1.165, 1.54) is 0 Å². The van der Waals surface area contributed by atoms with Crippen LogP contribution >= 0.6 is 11.3 Å². The first-order chi connectivity index (χ1) is 12.8. The number of carbonyl (C=O) groups excluding carboxylic acids is 1. The summed E-state index contributed by atoms with van der Waals surface area (Å²) in [5.41, 5.74) is 2.57. The highest BCUT2D eigenvalue weighted by Gasteiger charge is 2.22. The lowest BCUT2D eigenvalue weighted by molar-refractivity contribution is 0.0931. The average Bonchev–Trinajstić information content (AvgIpc) is 3.33. The Labute approximate surface area is 157 Å². The summed E-state index contributed by atoms with van der Waals surface area (Å²) in [4.78, 5) is 13.9. The van der Waals surface area contributed by atoms with Crippen LogP contribution in [0.2, 0.25) is 0 Å². The Morgan fingerprint density at radius 3 is 2.88 bits per heavy atom. The zero-order valence-corrected chi connectivity index (χ0v) is 15.3. The van der Waals surface area contributed by atoms with Crippen molar-refractivity contribution in [2.45, 2.75) is 25.4 Å². The Morgan fingerprint density at radius 2 is 2.15 bits per heavy atom. The summed E-state index contributed by atoms with van der Waals surface area (Å²) in [5.74, 6) is -0.0404. The summed E-state index contributed by atoms with van der Waals surface area (Å²) in [5, 5.41) is 13.2. The van der Waals surface area contributed by atoms with E-state index in [0.29, 0.717) is 12.1 Å². The van der Waals surface area contributed by atoms with Crippen LogP contribution in [0.15, 0.2) is 54.0 Å². The van der Waals surface area contributed by atoms with Crippen LogP contribution in [0.3, 0.4) is 0 Å². The maximum atomic E-state index is 12.9. The molecule has 3 aromatic rings. The minimum absolute atomic E-state index is 0.0404. The minimum atomic E-state index is -0.0404. The zero-order chi connectivity index (χ0) is 17.8. The molecule has 2 N–H and O–H groups in total. The molecule has 26 heavy (non-hydrogen) atoms. The number of hydrogen-bond acceptors (Lipinski definition) is 4. The second kappa shape index (κ2) is 7.85. The number of piperidine rings is 1. The third-order valence-corrected chi connectivity index (χ3v) is 5.46. The fraction of sp³-hybridized carbons (Fsp3) is 0.300. The third-order valence-electron chi connectivity index (χ3n) is 4.58. The van der Waals surface area contributed by atoms with E-state index in [1.54, 1.807) is 11.3 Å². The molecule has 1 aromatic carbocycles. The van der Waals surface area contributed by atoms with E-state index < -0.39 is 0 Å². The SMILES string of the molecule is O=C(N[C@H]1CCCNC1)c1cn(Cc2ccccc2)nc1-c1cccs1. The van der Waals surface area contributed by atoms with Gasteiger partial charge in [-0.1, -0.05) is 36.4 Å². The normalized spacial score (nSPS) is 17.2. The van der Waals surface area contributed by atoms with Gasteiger partial charge in [-0.3, -0.25) is 9.48 Å². The average molecular weight is 366 g/mol. The first-order valence-electron chi connectivity index (χ1n) is 8.96. The van der Waals surface area contributed by atoms with Crippen molar-refractivity contribution in [3.8, 4) is 10.6 Å². The van der Waals surface area contributed by atoms with E-state index in [9.17, 15) is 4.79 Å². The number of amides is 1. The van der Waals surface area contributed by atoms with E-state index in [2.05, 4.69) is 22.8 Å². The number of aromatic nitrogens is 2. The molecule has 3 heterocycles. The van der Waals surface area contributed by atoms with Crippen LogP contribution in [0.5, 0.6) is 0 Å². The molecule has 2 aromatic heterocycles. The topological polar surface area (TPSA) is 59.0 Å². The molecule has 6 heteroatoms. The predicted molar refractivity (Wildman–Crippen MR) is 104 cm³/mol. The summed E-state index contributed by atoms with van der Waals surface area (Å²) in [6.45, 7) is 2.51. The van der Waals surface area contributed by atoms with Gasteiger partial charge in [-0.25, -0.2) is 0 Å². The molecule has 1 aliphatic heterocycles. The number of rotatable bonds is 5. The molecule has 1 amide bonds. The van der Waals surface area contributed by atoms with Gasteiger partial charge in [0.15, 0.2) is 0 Å². The Kier molecular flexibility index (Phi) is 5.13. The monoisotopic (exact) mass is 366 g/mol. The summed E-state index contributed by atoms with van der Waals surface area (Å²) >= 11 is 1.61. The summed E-state index contributed by atoms with van der Waals surface area (Å²) in [7, 11) is 0. The quantitative estimate of drug-likeness (QED) is 0.729. The van der Waals surface area contributed by atoms with Gasteiger partial charge in [-0.15, -0.1) is 11.3 Å². The summed E-state index contributed by atoms with van der Waals surface area (Å²) in [6.07, 6.45) is 3.98. The maximum Gasteiger partial charge on any atom is 0.255 e. The van der Waals surface area contributed by atoms with Crippen LogP contribution < -0.4 is 10.6 Å².